The number of methoxy groups -OCH3 is 1. The predicted octanol–water partition coefficient (Wildman–Crippen LogP) is 1.18. The molecule has 0 aliphatic carbocycles. The quantitative estimate of drug-likeness (QED) is 0.870. The maximum atomic E-state index is 10.7. The van der Waals surface area contributed by atoms with Crippen LogP contribution in [0, 0.1) is 0 Å². The summed E-state index contributed by atoms with van der Waals surface area (Å²) in [5.74, 6) is 0.434. The van der Waals surface area contributed by atoms with Gasteiger partial charge < -0.3 is 14.7 Å². The maximum absolute atomic E-state index is 10.7. The van der Waals surface area contributed by atoms with Gasteiger partial charge in [-0.3, -0.25) is 4.98 Å². The Kier molecular flexibility index (Phi) is 4.14. The summed E-state index contributed by atoms with van der Waals surface area (Å²) in [7, 11) is 1.56. The molecule has 0 bridgehead atoms. The second-order valence-electron chi connectivity index (χ2n) is 4.79. The van der Waals surface area contributed by atoms with E-state index < -0.39 is 5.60 Å². The van der Waals surface area contributed by atoms with Crippen molar-refractivity contribution in [1.29, 1.82) is 0 Å². The molecule has 0 radical (unpaired) electrons. The third kappa shape index (κ3) is 2.62. The van der Waals surface area contributed by atoms with Crippen molar-refractivity contribution in [2.45, 2.75) is 31.8 Å². The number of nitrogens with zero attached hydrogens (tertiary/aromatic N) is 3. The van der Waals surface area contributed by atoms with E-state index in [0.29, 0.717) is 24.4 Å². The van der Waals surface area contributed by atoms with Crippen LogP contribution in [0.2, 0.25) is 0 Å². The molecule has 18 heavy (non-hydrogen) atoms. The molecule has 1 saturated heterocycles. The number of rotatable bonds is 4. The Balaban J connectivity index is 2.13. The topological polar surface area (TPSA) is 58.5 Å². The fourth-order valence-corrected chi connectivity index (χ4v) is 2.49. The molecular weight excluding hydrogens is 230 g/mol. The minimum absolute atomic E-state index is 0.434. The summed E-state index contributed by atoms with van der Waals surface area (Å²) >= 11 is 0. The number of hydrogen-bond donors (Lipinski definition) is 1. The first kappa shape index (κ1) is 13.2. The molecule has 100 valence electrons. The smallest absolute Gasteiger partial charge is 0.238 e. The molecule has 2 heterocycles. The number of piperidine rings is 1. The maximum Gasteiger partial charge on any atom is 0.238 e. The van der Waals surface area contributed by atoms with Crippen molar-refractivity contribution >= 4 is 0 Å². The Hall–Kier alpha value is -1.20. The molecular formula is C13H21N3O2. The molecule has 0 spiro atoms. The van der Waals surface area contributed by atoms with Crippen molar-refractivity contribution in [3.63, 3.8) is 0 Å². The van der Waals surface area contributed by atoms with Crippen LogP contribution < -0.4 is 4.74 Å². The van der Waals surface area contributed by atoms with E-state index in [0.717, 1.165) is 26.1 Å². The first-order chi connectivity index (χ1) is 8.69. The van der Waals surface area contributed by atoms with E-state index in [9.17, 15) is 5.11 Å². The number of ether oxygens (including phenoxy) is 1. The van der Waals surface area contributed by atoms with Crippen molar-refractivity contribution in [2.24, 2.45) is 0 Å². The van der Waals surface area contributed by atoms with E-state index in [4.69, 9.17) is 4.74 Å². The molecule has 1 aromatic heterocycles. The van der Waals surface area contributed by atoms with Gasteiger partial charge in [0.15, 0.2) is 0 Å². The van der Waals surface area contributed by atoms with Gasteiger partial charge in [0.05, 0.1) is 7.11 Å². The van der Waals surface area contributed by atoms with E-state index in [2.05, 4.69) is 21.8 Å². The molecule has 2 rings (SSSR count). The third-order valence-electron chi connectivity index (χ3n) is 3.52. The highest BCUT2D eigenvalue weighted by molar-refractivity contribution is 5.25. The summed E-state index contributed by atoms with van der Waals surface area (Å²) in [6.07, 6.45) is 5.70. The van der Waals surface area contributed by atoms with E-state index >= 15 is 0 Å². The minimum Gasteiger partial charge on any atom is -0.480 e. The van der Waals surface area contributed by atoms with Gasteiger partial charge in [0.2, 0.25) is 5.88 Å². The lowest BCUT2D eigenvalue weighted by Gasteiger charge is -2.37. The van der Waals surface area contributed by atoms with Crippen LogP contribution >= 0.6 is 0 Å². The molecule has 0 saturated carbocycles. The zero-order chi connectivity index (χ0) is 13.0. The molecule has 0 unspecified atom stereocenters. The SMILES string of the molecule is CCCN1CCC(O)(c2nccnc2OC)CC1. The van der Waals surface area contributed by atoms with Gasteiger partial charge in [-0.15, -0.1) is 0 Å². The van der Waals surface area contributed by atoms with Gasteiger partial charge >= 0.3 is 0 Å². The van der Waals surface area contributed by atoms with Crippen LogP contribution in [0.3, 0.4) is 0 Å². The summed E-state index contributed by atoms with van der Waals surface area (Å²) in [6.45, 7) is 5.05. The summed E-state index contributed by atoms with van der Waals surface area (Å²) in [4.78, 5) is 10.7. The highest BCUT2D eigenvalue weighted by atomic mass is 16.5. The van der Waals surface area contributed by atoms with Crippen molar-refractivity contribution in [3.05, 3.63) is 18.1 Å². The van der Waals surface area contributed by atoms with Gasteiger partial charge in [0.1, 0.15) is 11.3 Å². The minimum atomic E-state index is -0.899. The number of likely N-dealkylation sites (tertiary alicyclic amines) is 1. The summed E-state index contributed by atoms with van der Waals surface area (Å²) in [6, 6.07) is 0. The molecule has 1 aliphatic rings. The second kappa shape index (κ2) is 5.63. The Morgan fingerprint density at radius 1 is 1.33 bits per heavy atom. The average Bonchev–Trinajstić information content (AvgIpc) is 2.42. The van der Waals surface area contributed by atoms with Crippen molar-refractivity contribution < 1.29 is 9.84 Å². The lowest BCUT2D eigenvalue weighted by atomic mass is 9.88. The van der Waals surface area contributed by atoms with Gasteiger partial charge in [-0.05, 0) is 25.8 Å². The molecule has 1 N–H and O–H groups in total. The Bertz CT molecular complexity index is 390. The van der Waals surface area contributed by atoms with E-state index in [1.807, 2.05) is 0 Å². The first-order valence-electron chi connectivity index (χ1n) is 6.50. The highest BCUT2D eigenvalue weighted by Gasteiger charge is 2.37. The lowest BCUT2D eigenvalue weighted by Crippen LogP contribution is -2.43. The average molecular weight is 251 g/mol. The van der Waals surface area contributed by atoms with E-state index in [-0.39, 0.29) is 0 Å². The summed E-state index contributed by atoms with van der Waals surface area (Å²) < 4.78 is 5.19. The number of hydrogen-bond acceptors (Lipinski definition) is 5. The predicted molar refractivity (Wildman–Crippen MR) is 68.4 cm³/mol. The fraction of sp³-hybridized carbons (Fsp3) is 0.692. The van der Waals surface area contributed by atoms with Gasteiger partial charge in [-0.25, -0.2) is 4.98 Å². The van der Waals surface area contributed by atoms with Crippen LogP contribution in [0.1, 0.15) is 31.9 Å². The normalized spacial score (nSPS) is 19.7. The summed E-state index contributed by atoms with van der Waals surface area (Å²) in [5, 5.41) is 10.7. The van der Waals surface area contributed by atoms with Crippen LogP contribution in [0.4, 0.5) is 0 Å². The molecule has 0 atom stereocenters. The van der Waals surface area contributed by atoms with Crippen LogP contribution in [0.5, 0.6) is 5.88 Å². The standard InChI is InChI=1S/C13H21N3O2/c1-3-8-16-9-4-13(17,5-10-16)11-12(18-2)15-7-6-14-11/h6-7,17H,3-5,8-10H2,1-2H3. The first-order valence-corrected chi connectivity index (χ1v) is 6.50. The largest absolute Gasteiger partial charge is 0.480 e. The molecule has 5 nitrogen and oxygen atoms in total. The molecule has 1 fully saturated rings. The molecule has 1 aromatic rings. The van der Waals surface area contributed by atoms with Gasteiger partial charge in [-0.1, -0.05) is 6.92 Å². The van der Waals surface area contributed by atoms with E-state index in [1.54, 1.807) is 19.5 Å². The van der Waals surface area contributed by atoms with Gasteiger partial charge in [0, 0.05) is 25.5 Å². The Morgan fingerprint density at radius 3 is 2.61 bits per heavy atom. The monoisotopic (exact) mass is 251 g/mol. The molecule has 0 amide bonds. The van der Waals surface area contributed by atoms with E-state index in [1.165, 1.54) is 0 Å². The lowest BCUT2D eigenvalue weighted by molar-refractivity contribution is -0.0312. The fourth-order valence-electron chi connectivity index (χ4n) is 2.49. The zero-order valence-corrected chi connectivity index (χ0v) is 11.1. The highest BCUT2D eigenvalue weighted by Crippen LogP contribution is 2.35. The molecule has 1 aliphatic heterocycles. The van der Waals surface area contributed by atoms with Gasteiger partial charge in [0.25, 0.3) is 0 Å². The Labute approximate surface area is 108 Å². The third-order valence-corrected chi connectivity index (χ3v) is 3.52. The molecule has 0 aromatic carbocycles. The van der Waals surface area contributed by atoms with Crippen LogP contribution in [0.15, 0.2) is 12.4 Å². The van der Waals surface area contributed by atoms with Crippen molar-refractivity contribution in [3.8, 4) is 5.88 Å². The van der Waals surface area contributed by atoms with Gasteiger partial charge in [-0.2, -0.15) is 0 Å². The number of aromatic nitrogens is 2. The second-order valence-corrected chi connectivity index (χ2v) is 4.79. The Morgan fingerprint density at radius 2 is 2.00 bits per heavy atom. The number of aliphatic hydroxyl groups is 1. The molecule has 5 heteroatoms. The van der Waals surface area contributed by atoms with Crippen molar-refractivity contribution in [2.75, 3.05) is 26.7 Å². The van der Waals surface area contributed by atoms with Crippen LogP contribution in [-0.4, -0.2) is 46.7 Å². The zero-order valence-electron chi connectivity index (χ0n) is 11.1. The van der Waals surface area contributed by atoms with Crippen LogP contribution in [0.25, 0.3) is 0 Å². The van der Waals surface area contributed by atoms with Crippen molar-refractivity contribution in [1.82, 2.24) is 14.9 Å². The van der Waals surface area contributed by atoms with Crippen LogP contribution in [-0.2, 0) is 5.60 Å². The summed E-state index contributed by atoms with van der Waals surface area (Å²) in [5.41, 5.74) is -0.326.